The van der Waals surface area contributed by atoms with Crippen molar-refractivity contribution in [3.8, 4) is 0 Å². The van der Waals surface area contributed by atoms with Crippen molar-refractivity contribution in [2.45, 2.75) is 19.9 Å². The van der Waals surface area contributed by atoms with E-state index >= 15 is 0 Å². The van der Waals surface area contributed by atoms with Crippen molar-refractivity contribution in [3.63, 3.8) is 0 Å². The second-order valence-electron chi connectivity index (χ2n) is 4.87. The van der Waals surface area contributed by atoms with Gasteiger partial charge >= 0.3 is 0 Å². The Bertz CT molecular complexity index is 577. The summed E-state index contributed by atoms with van der Waals surface area (Å²) in [5.74, 6) is 0.0731. The molecule has 0 saturated carbocycles. The first-order valence-electron chi connectivity index (χ1n) is 6.77. The molecular weight excluding hydrogens is 316 g/mol. The Labute approximate surface area is 128 Å². The lowest BCUT2D eigenvalue weighted by Gasteiger charge is -2.22. The Morgan fingerprint density at radius 3 is 2.55 bits per heavy atom. The topological polar surface area (TPSA) is 25.2 Å². The van der Waals surface area contributed by atoms with Crippen molar-refractivity contribution in [2.75, 3.05) is 6.54 Å². The smallest absolute Gasteiger partial charge is 0.270 e. The molecule has 0 fully saturated rings. The fourth-order valence-electron chi connectivity index (χ4n) is 2.22. The van der Waals surface area contributed by atoms with Crippen molar-refractivity contribution < 1.29 is 4.79 Å². The van der Waals surface area contributed by atoms with E-state index in [4.69, 9.17) is 0 Å². The molecule has 2 rings (SSSR count). The van der Waals surface area contributed by atoms with Crippen molar-refractivity contribution in [1.29, 1.82) is 0 Å². The molecule has 2 aromatic rings. The number of nitrogens with zero attached hydrogens (tertiary/aromatic N) is 2. The molecule has 0 aliphatic rings. The van der Waals surface area contributed by atoms with E-state index in [0.717, 1.165) is 23.0 Å². The SMILES string of the molecule is CCCN(Cc1ccccc1)C(=O)c1cc(Br)cn1C. The number of carbonyl (C=O) groups is 1. The highest BCUT2D eigenvalue weighted by Gasteiger charge is 2.18. The van der Waals surface area contributed by atoms with Crippen LogP contribution in [0.3, 0.4) is 0 Å². The Morgan fingerprint density at radius 1 is 1.30 bits per heavy atom. The highest BCUT2D eigenvalue weighted by molar-refractivity contribution is 9.10. The molecule has 106 valence electrons. The molecule has 0 saturated heterocycles. The quantitative estimate of drug-likeness (QED) is 0.815. The summed E-state index contributed by atoms with van der Waals surface area (Å²) in [7, 11) is 1.89. The van der Waals surface area contributed by atoms with Gasteiger partial charge < -0.3 is 9.47 Å². The number of hydrogen-bond donors (Lipinski definition) is 0. The van der Waals surface area contributed by atoms with Crippen LogP contribution in [0.1, 0.15) is 29.4 Å². The largest absolute Gasteiger partial charge is 0.345 e. The van der Waals surface area contributed by atoms with Gasteiger partial charge in [0.05, 0.1) is 0 Å². The first kappa shape index (κ1) is 14.9. The van der Waals surface area contributed by atoms with Crippen LogP contribution in [0.15, 0.2) is 47.1 Å². The van der Waals surface area contributed by atoms with Gasteiger partial charge in [0, 0.05) is 30.8 Å². The average Bonchev–Trinajstić information content (AvgIpc) is 2.77. The van der Waals surface area contributed by atoms with Gasteiger partial charge in [-0.2, -0.15) is 0 Å². The van der Waals surface area contributed by atoms with Gasteiger partial charge in [-0.25, -0.2) is 0 Å². The zero-order chi connectivity index (χ0) is 14.5. The van der Waals surface area contributed by atoms with Gasteiger partial charge in [-0.3, -0.25) is 4.79 Å². The normalized spacial score (nSPS) is 10.6. The van der Waals surface area contributed by atoms with E-state index in [0.29, 0.717) is 12.2 Å². The van der Waals surface area contributed by atoms with Gasteiger partial charge in [0.25, 0.3) is 5.91 Å². The maximum atomic E-state index is 12.7. The van der Waals surface area contributed by atoms with E-state index in [1.807, 2.05) is 47.0 Å². The predicted molar refractivity (Wildman–Crippen MR) is 84.6 cm³/mol. The van der Waals surface area contributed by atoms with E-state index in [1.54, 1.807) is 0 Å². The second kappa shape index (κ2) is 6.75. The summed E-state index contributed by atoms with van der Waals surface area (Å²) < 4.78 is 2.79. The molecular formula is C16H19BrN2O. The predicted octanol–water partition coefficient (Wildman–Crippen LogP) is 3.84. The van der Waals surface area contributed by atoms with E-state index in [9.17, 15) is 4.79 Å². The van der Waals surface area contributed by atoms with Crippen LogP contribution in [0, 0.1) is 0 Å². The molecule has 1 aromatic carbocycles. The molecule has 0 unspecified atom stereocenters. The number of benzene rings is 1. The average molecular weight is 335 g/mol. The summed E-state index contributed by atoms with van der Waals surface area (Å²) in [6, 6.07) is 12.0. The molecule has 0 aliphatic carbocycles. The fraction of sp³-hybridized carbons (Fsp3) is 0.312. The van der Waals surface area contributed by atoms with Gasteiger partial charge in [0.2, 0.25) is 0 Å². The third-order valence-electron chi connectivity index (χ3n) is 3.19. The Morgan fingerprint density at radius 2 is 2.00 bits per heavy atom. The minimum atomic E-state index is 0.0731. The molecule has 1 amide bonds. The van der Waals surface area contributed by atoms with Crippen LogP contribution in [0.25, 0.3) is 0 Å². The molecule has 1 heterocycles. The number of aryl methyl sites for hydroxylation is 1. The van der Waals surface area contributed by atoms with E-state index < -0.39 is 0 Å². The van der Waals surface area contributed by atoms with Crippen LogP contribution in [0.4, 0.5) is 0 Å². The summed E-state index contributed by atoms with van der Waals surface area (Å²) in [4.78, 5) is 14.6. The van der Waals surface area contributed by atoms with Crippen LogP contribution >= 0.6 is 15.9 Å². The van der Waals surface area contributed by atoms with Crippen molar-refractivity contribution in [3.05, 3.63) is 58.3 Å². The van der Waals surface area contributed by atoms with Gasteiger partial charge in [-0.05, 0) is 34.0 Å². The third kappa shape index (κ3) is 3.51. The van der Waals surface area contributed by atoms with Crippen molar-refractivity contribution >= 4 is 21.8 Å². The van der Waals surface area contributed by atoms with Gasteiger partial charge in [-0.15, -0.1) is 0 Å². The summed E-state index contributed by atoms with van der Waals surface area (Å²) in [6.45, 7) is 3.50. The molecule has 0 N–H and O–H groups in total. The zero-order valence-corrected chi connectivity index (χ0v) is 13.4. The standard InChI is InChI=1S/C16H19BrN2O/c1-3-9-19(11-13-7-5-4-6-8-13)16(20)15-10-14(17)12-18(15)2/h4-8,10,12H,3,9,11H2,1-2H3. The lowest BCUT2D eigenvalue weighted by molar-refractivity contribution is 0.0733. The van der Waals surface area contributed by atoms with Crippen LogP contribution in [-0.4, -0.2) is 21.9 Å². The highest BCUT2D eigenvalue weighted by Crippen LogP contribution is 2.17. The van der Waals surface area contributed by atoms with E-state index in [-0.39, 0.29) is 5.91 Å². The van der Waals surface area contributed by atoms with E-state index in [2.05, 4.69) is 35.0 Å². The molecule has 0 atom stereocenters. The lowest BCUT2D eigenvalue weighted by atomic mass is 10.2. The van der Waals surface area contributed by atoms with Crippen LogP contribution in [-0.2, 0) is 13.6 Å². The molecule has 1 aromatic heterocycles. The van der Waals surface area contributed by atoms with Gasteiger partial charge in [-0.1, -0.05) is 37.3 Å². The number of hydrogen-bond acceptors (Lipinski definition) is 1. The molecule has 0 aliphatic heterocycles. The van der Waals surface area contributed by atoms with Gasteiger partial charge in [0.1, 0.15) is 5.69 Å². The molecule has 20 heavy (non-hydrogen) atoms. The van der Waals surface area contributed by atoms with E-state index in [1.165, 1.54) is 0 Å². The van der Waals surface area contributed by atoms with Gasteiger partial charge in [0.15, 0.2) is 0 Å². The monoisotopic (exact) mass is 334 g/mol. The Kier molecular flexibility index (Phi) is 5.01. The maximum Gasteiger partial charge on any atom is 0.270 e. The minimum Gasteiger partial charge on any atom is -0.345 e. The van der Waals surface area contributed by atoms with Crippen LogP contribution < -0.4 is 0 Å². The molecule has 0 radical (unpaired) electrons. The molecule has 4 heteroatoms. The summed E-state index contributed by atoms with van der Waals surface area (Å²) in [5.41, 5.74) is 1.86. The Hall–Kier alpha value is -1.55. The summed E-state index contributed by atoms with van der Waals surface area (Å²) in [6.07, 6.45) is 2.85. The number of rotatable bonds is 5. The van der Waals surface area contributed by atoms with Crippen LogP contribution in [0.2, 0.25) is 0 Å². The van der Waals surface area contributed by atoms with Crippen molar-refractivity contribution in [1.82, 2.24) is 9.47 Å². The molecule has 0 spiro atoms. The first-order chi connectivity index (χ1) is 9.61. The number of aromatic nitrogens is 1. The summed E-state index contributed by atoms with van der Waals surface area (Å²) >= 11 is 3.41. The molecule has 0 bridgehead atoms. The molecule has 3 nitrogen and oxygen atoms in total. The Balaban J connectivity index is 2.20. The summed E-state index contributed by atoms with van der Waals surface area (Å²) in [5, 5.41) is 0. The number of amides is 1. The number of carbonyl (C=O) groups excluding carboxylic acids is 1. The van der Waals surface area contributed by atoms with Crippen molar-refractivity contribution in [2.24, 2.45) is 7.05 Å². The fourth-order valence-corrected chi connectivity index (χ4v) is 2.75. The first-order valence-corrected chi connectivity index (χ1v) is 7.56. The second-order valence-corrected chi connectivity index (χ2v) is 5.78. The number of halogens is 1. The van der Waals surface area contributed by atoms with Crippen LogP contribution in [0.5, 0.6) is 0 Å². The highest BCUT2D eigenvalue weighted by atomic mass is 79.9. The lowest BCUT2D eigenvalue weighted by Crippen LogP contribution is -2.32. The minimum absolute atomic E-state index is 0.0731. The maximum absolute atomic E-state index is 12.7. The zero-order valence-electron chi connectivity index (χ0n) is 11.8. The third-order valence-corrected chi connectivity index (χ3v) is 3.62.